The molecule has 0 aliphatic carbocycles. The number of halogens is 3. The Morgan fingerprint density at radius 1 is 1.00 bits per heavy atom. The molecule has 1 unspecified atom stereocenters. The van der Waals surface area contributed by atoms with Gasteiger partial charge in [-0.2, -0.15) is 13.2 Å². The Kier molecular flexibility index (Phi) is 3.17. The summed E-state index contributed by atoms with van der Waals surface area (Å²) >= 11 is 0. The molecular weight excluding hydrogens is 253 g/mol. The van der Waals surface area contributed by atoms with E-state index in [1.54, 1.807) is 12.1 Å². The van der Waals surface area contributed by atoms with Crippen LogP contribution in [-0.2, 0) is 6.18 Å². The molecule has 0 aromatic heterocycles. The molecule has 2 nitrogen and oxygen atoms in total. The van der Waals surface area contributed by atoms with Crippen molar-refractivity contribution in [3.63, 3.8) is 0 Å². The smallest absolute Gasteiger partial charge is 0.369 e. The van der Waals surface area contributed by atoms with E-state index in [-0.39, 0.29) is 0 Å². The fraction of sp³-hybridized carbons (Fsp3) is 0.571. The molecule has 0 saturated carbocycles. The van der Waals surface area contributed by atoms with Crippen molar-refractivity contribution in [3.8, 4) is 0 Å². The summed E-state index contributed by atoms with van der Waals surface area (Å²) in [5, 5.41) is 0. The van der Waals surface area contributed by atoms with Gasteiger partial charge in [0.1, 0.15) is 0 Å². The normalized spacial score (nSPS) is 24.6. The summed E-state index contributed by atoms with van der Waals surface area (Å²) < 4.78 is 37.6. The quantitative estimate of drug-likeness (QED) is 0.774. The molecule has 0 spiro atoms. The van der Waals surface area contributed by atoms with Crippen LogP contribution in [0.2, 0.25) is 0 Å². The van der Waals surface area contributed by atoms with E-state index in [0.717, 1.165) is 25.3 Å². The molecule has 2 aliphatic rings. The van der Waals surface area contributed by atoms with Gasteiger partial charge in [0.25, 0.3) is 0 Å². The fourth-order valence-electron chi connectivity index (χ4n) is 3.09. The third-order valence-corrected chi connectivity index (χ3v) is 4.15. The second-order valence-corrected chi connectivity index (χ2v) is 5.32. The molecule has 1 aromatic rings. The van der Waals surface area contributed by atoms with Crippen molar-refractivity contribution in [2.24, 2.45) is 0 Å². The van der Waals surface area contributed by atoms with Crippen molar-refractivity contribution in [1.29, 1.82) is 0 Å². The Hall–Kier alpha value is -1.23. The molecule has 2 fully saturated rings. The number of anilines is 1. The van der Waals surface area contributed by atoms with Crippen molar-refractivity contribution >= 4 is 5.69 Å². The van der Waals surface area contributed by atoms with Gasteiger partial charge in [-0.05, 0) is 43.7 Å². The lowest BCUT2D eigenvalue weighted by molar-refractivity contribution is -0.137. The summed E-state index contributed by atoms with van der Waals surface area (Å²) in [5.41, 5.74) is 0.329. The molecule has 2 saturated heterocycles. The van der Waals surface area contributed by atoms with E-state index in [9.17, 15) is 13.2 Å². The van der Waals surface area contributed by atoms with E-state index in [2.05, 4.69) is 9.80 Å². The van der Waals surface area contributed by atoms with Gasteiger partial charge in [0.15, 0.2) is 0 Å². The number of alkyl halides is 3. The zero-order valence-corrected chi connectivity index (χ0v) is 10.7. The fourth-order valence-corrected chi connectivity index (χ4v) is 3.09. The zero-order valence-electron chi connectivity index (χ0n) is 10.7. The van der Waals surface area contributed by atoms with E-state index >= 15 is 0 Å². The highest BCUT2D eigenvalue weighted by atomic mass is 19.4. The number of benzene rings is 1. The molecule has 104 valence electrons. The molecule has 1 atom stereocenters. The van der Waals surface area contributed by atoms with Gasteiger partial charge in [0, 0.05) is 31.4 Å². The second-order valence-electron chi connectivity index (χ2n) is 5.32. The lowest BCUT2D eigenvalue weighted by atomic mass is 10.1. The van der Waals surface area contributed by atoms with E-state index in [1.165, 1.54) is 31.5 Å². The number of fused-ring (bicyclic) bond motifs is 1. The van der Waals surface area contributed by atoms with Crippen molar-refractivity contribution in [1.82, 2.24) is 4.90 Å². The minimum absolute atomic E-state index is 0.573. The van der Waals surface area contributed by atoms with Gasteiger partial charge < -0.3 is 4.90 Å². The van der Waals surface area contributed by atoms with Gasteiger partial charge in [-0.3, -0.25) is 4.90 Å². The molecule has 2 heterocycles. The lowest BCUT2D eigenvalue weighted by Gasteiger charge is -2.38. The third-order valence-electron chi connectivity index (χ3n) is 4.15. The van der Waals surface area contributed by atoms with Crippen LogP contribution < -0.4 is 4.90 Å². The number of nitrogens with zero attached hydrogens (tertiary/aromatic N) is 2. The maximum absolute atomic E-state index is 12.5. The Morgan fingerprint density at radius 2 is 1.74 bits per heavy atom. The van der Waals surface area contributed by atoms with Gasteiger partial charge in [-0.1, -0.05) is 0 Å². The summed E-state index contributed by atoms with van der Waals surface area (Å²) in [7, 11) is 0. The van der Waals surface area contributed by atoms with Crippen molar-refractivity contribution in [2.75, 3.05) is 31.1 Å². The maximum atomic E-state index is 12.5. The molecule has 2 aliphatic heterocycles. The average Bonchev–Trinajstić information content (AvgIpc) is 2.85. The van der Waals surface area contributed by atoms with Gasteiger partial charge in [-0.25, -0.2) is 0 Å². The molecule has 5 heteroatoms. The SMILES string of the molecule is FC(F)(F)c1ccc(N2CCN3CCCC3C2)cc1. The standard InChI is InChI=1S/C14H17F3N2/c15-14(16,17)11-3-5-12(6-4-11)19-9-8-18-7-1-2-13(18)10-19/h3-6,13H,1-2,7-10H2. The van der Waals surface area contributed by atoms with E-state index in [4.69, 9.17) is 0 Å². The molecule has 0 bridgehead atoms. The minimum Gasteiger partial charge on any atom is -0.369 e. The monoisotopic (exact) mass is 270 g/mol. The highest BCUT2D eigenvalue weighted by Crippen LogP contribution is 2.31. The Bertz CT molecular complexity index is 441. The Labute approximate surface area is 110 Å². The summed E-state index contributed by atoms with van der Waals surface area (Å²) in [5.74, 6) is 0. The van der Waals surface area contributed by atoms with Gasteiger partial charge in [0.2, 0.25) is 0 Å². The summed E-state index contributed by atoms with van der Waals surface area (Å²) in [6.07, 6.45) is -1.80. The Morgan fingerprint density at radius 3 is 2.42 bits per heavy atom. The predicted molar refractivity (Wildman–Crippen MR) is 68.3 cm³/mol. The van der Waals surface area contributed by atoms with Crippen LogP contribution in [0.1, 0.15) is 18.4 Å². The molecule has 0 amide bonds. The number of rotatable bonds is 1. The lowest BCUT2D eigenvalue weighted by Crippen LogP contribution is -2.50. The van der Waals surface area contributed by atoms with Crippen LogP contribution in [0, 0.1) is 0 Å². The molecule has 0 N–H and O–H groups in total. The molecule has 1 aromatic carbocycles. The molecule has 3 rings (SSSR count). The molecule has 19 heavy (non-hydrogen) atoms. The first-order valence-electron chi connectivity index (χ1n) is 6.70. The summed E-state index contributed by atoms with van der Waals surface area (Å²) in [4.78, 5) is 4.69. The number of hydrogen-bond donors (Lipinski definition) is 0. The predicted octanol–water partition coefficient (Wildman–Crippen LogP) is 2.99. The number of hydrogen-bond acceptors (Lipinski definition) is 2. The summed E-state index contributed by atoms with van der Waals surface area (Å²) in [6.45, 7) is 4.03. The van der Waals surface area contributed by atoms with Gasteiger partial charge >= 0.3 is 6.18 Å². The average molecular weight is 270 g/mol. The Balaban J connectivity index is 1.72. The van der Waals surface area contributed by atoms with Crippen LogP contribution in [-0.4, -0.2) is 37.1 Å². The van der Waals surface area contributed by atoms with E-state index < -0.39 is 11.7 Å². The van der Waals surface area contributed by atoms with Crippen molar-refractivity contribution in [3.05, 3.63) is 29.8 Å². The minimum atomic E-state index is -4.25. The first-order chi connectivity index (χ1) is 9.04. The largest absolute Gasteiger partial charge is 0.416 e. The van der Waals surface area contributed by atoms with Crippen molar-refractivity contribution < 1.29 is 13.2 Å². The maximum Gasteiger partial charge on any atom is 0.416 e. The van der Waals surface area contributed by atoms with Crippen LogP contribution in [0.5, 0.6) is 0 Å². The first kappa shape index (κ1) is 12.8. The highest BCUT2D eigenvalue weighted by Gasteiger charge is 2.32. The highest BCUT2D eigenvalue weighted by molar-refractivity contribution is 5.48. The third kappa shape index (κ3) is 2.56. The summed E-state index contributed by atoms with van der Waals surface area (Å²) in [6, 6.07) is 6.11. The second kappa shape index (κ2) is 4.71. The van der Waals surface area contributed by atoms with Crippen LogP contribution in [0.25, 0.3) is 0 Å². The van der Waals surface area contributed by atoms with E-state index in [0.29, 0.717) is 6.04 Å². The zero-order chi connectivity index (χ0) is 13.5. The first-order valence-corrected chi connectivity index (χ1v) is 6.70. The van der Waals surface area contributed by atoms with Crippen LogP contribution >= 0.6 is 0 Å². The molecule has 0 radical (unpaired) electrons. The number of piperazine rings is 1. The van der Waals surface area contributed by atoms with E-state index in [1.807, 2.05) is 0 Å². The van der Waals surface area contributed by atoms with Crippen molar-refractivity contribution in [2.45, 2.75) is 25.1 Å². The van der Waals surface area contributed by atoms with Gasteiger partial charge in [0.05, 0.1) is 5.56 Å². The van der Waals surface area contributed by atoms with Crippen LogP contribution in [0.15, 0.2) is 24.3 Å². The topological polar surface area (TPSA) is 6.48 Å². The molecular formula is C14H17F3N2. The van der Waals surface area contributed by atoms with Crippen LogP contribution in [0.3, 0.4) is 0 Å². The van der Waals surface area contributed by atoms with Gasteiger partial charge in [-0.15, -0.1) is 0 Å². The van der Waals surface area contributed by atoms with Crippen LogP contribution in [0.4, 0.5) is 18.9 Å².